The normalized spacial score (nSPS) is 14.6. The van der Waals surface area contributed by atoms with Crippen molar-refractivity contribution < 1.29 is 0 Å². The number of nitrogens with zero attached hydrogens (tertiary/aromatic N) is 5. The van der Waals surface area contributed by atoms with E-state index in [0.717, 1.165) is 40.7 Å². The fourth-order valence-corrected chi connectivity index (χ4v) is 6.64. The van der Waals surface area contributed by atoms with Crippen molar-refractivity contribution in [2.45, 2.75) is 109 Å². The third-order valence-electron chi connectivity index (χ3n) is 8.31. The molecule has 0 aliphatic carbocycles. The molecule has 6 heteroatoms. The van der Waals surface area contributed by atoms with Gasteiger partial charge in [-0.2, -0.15) is 5.10 Å². The maximum atomic E-state index is 4.91. The van der Waals surface area contributed by atoms with Gasteiger partial charge in [0.05, 0.1) is 5.69 Å². The van der Waals surface area contributed by atoms with Gasteiger partial charge in [0.25, 0.3) is 0 Å². The average Bonchev–Trinajstić information content (AvgIpc) is 3.61. The number of rotatable bonds is 17. The summed E-state index contributed by atoms with van der Waals surface area (Å²) >= 11 is 1.77. The molecule has 0 radical (unpaired) electrons. The van der Waals surface area contributed by atoms with Crippen LogP contribution in [0.5, 0.6) is 0 Å². The van der Waals surface area contributed by atoms with Gasteiger partial charge in [-0.1, -0.05) is 138 Å². The number of pyridine rings is 1. The van der Waals surface area contributed by atoms with Gasteiger partial charge in [-0.3, -0.25) is 4.98 Å². The molecule has 4 aromatic rings. The molecule has 5 rings (SSSR count). The third-order valence-corrected chi connectivity index (χ3v) is 9.19. The van der Waals surface area contributed by atoms with E-state index in [9.17, 15) is 0 Å². The van der Waals surface area contributed by atoms with Gasteiger partial charge in [0.1, 0.15) is 5.69 Å². The Balaban J connectivity index is 1.23. The molecule has 0 amide bonds. The number of aryl methyl sites for hydroxylation is 1. The van der Waals surface area contributed by atoms with E-state index in [1.165, 1.54) is 93.1 Å². The Morgan fingerprint density at radius 3 is 2.25 bits per heavy atom. The zero-order valence-electron chi connectivity index (χ0n) is 26.5. The molecule has 5 nitrogen and oxygen atoms in total. The highest BCUT2D eigenvalue weighted by molar-refractivity contribution is 8.02. The highest BCUT2D eigenvalue weighted by Crippen LogP contribution is 2.34. The lowest BCUT2D eigenvalue weighted by Crippen LogP contribution is -2.08. The minimum atomic E-state index is 0.612. The Labute approximate surface area is 267 Å². The molecule has 1 aromatic carbocycles. The Morgan fingerprint density at radius 1 is 0.818 bits per heavy atom. The largest absolute Gasteiger partial charge is 0.253 e. The molecule has 0 unspecified atom stereocenters. The minimum Gasteiger partial charge on any atom is -0.253 e. The molecule has 4 heterocycles. The second-order valence-corrected chi connectivity index (χ2v) is 12.9. The maximum absolute atomic E-state index is 4.91. The van der Waals surface area contributed by atoms with Crippen molar-refractivity contribution in [3.05, 3.63) is 94.3 Å². The number of hydrogen-bond donors (Lipinski definition) is 0. The first kappa shape index (κ1) is 31.9. The predicted octanol–water partition coefficient (Wildman–Crippen LogP) is 9.97. The van der Waals surface area contributed by atoms with E-state index in [0.29, 0.717) is 5.82 Å². The average molecular weight is 606 g/mol. The molecule has 0 saturated carbocycles. The van der Waals surface area contributed by atoms with Gasteiger partial charge in [0, 0.05) is 16.3 Å². The summed E-state index contributed by atoms with van der Waals surface area (Å²) in [7, 11) is 0. The SMILES string of the molecule is CCCCCCCCCCCCCCCc1nn2nc(-c3ccccn3)nc2\c1=C/C(C)=C/C=C1\C=CSc2ccccc21. The van der Waals surface area contributed by atoms with Crippen LogP contribution in [0.2, 0.25) is 0 Å². The molecule has 0 atom stereocenters. The first-order valence-corrected chi connectivity index (χ1v) is 17.6. The van der Waals surface area contributed by atoms with Gasteiger partial charge >= 0.3 is 0 Å². The van der Waals surface area contributed by atoms with Crippen molar-refractivity contribution in [3.8, 4) is 11.5 Å². The summed E-state index contributed by atoms with van der Waals surface area (Å²) in [6.07, 6.45) is 29.1. The summed E-state index contributed by atoms with van der Waals surface area (Å²) in [6, 6.07) is 14.4. The fourth-order valence-electron chi connectivity index (χ4n) is 5.81. The highest BCUT2D eigenvalue weighted by atomic mass is 32.2. The monoisotopic (exact) mass is 605 g/mol. The summed E-state index contributed by atoms with van der Waals surface area (Å²) in [4.78, 5) is 10.6. The summed E-state index contributed by atoms with van der Waals surface area (Å²) in [5.41, 5.74) is 6.31. The minimum absolute atomic E-state index is 0.612. The lowest BCUT2D eigenvalue weighted by molar-refractivity contribution is 0.538. The fraction of sp³-hybridized carbons (Fsp3) is 0.421. The van der Waals surface area contributed by atoms with E-state index in [-0.39, 0.29) is 0 Å². The Bertz CT molecular complexity index is 1620. The van der Waals surface area contributed by atoms with Crippen molar-refractivity contribution in [3.63, 3.8) is 0 Å². The Morgan fingerprint density at radius 2 is 1.52 bits per heavy atom. The first-order chi connectivity index (χ1) is 21.7. The van der Waals surface area contributed by atoms with E-state index in [4.69, 9.17) is 15.2 Å². The standard InChI is InChI=1S/C38H47N5S/c1-3-4-5-6-7-8-9-10-11-12-13-14-15-21-34-33(38-40-37(42-43(38)41-34)35-22-18-19-27-39-35)29-30(2)24-25-31-26-28-44-36-23-17-16-20-32(31)36/h16-20,22-29H,3-15,21H2,1-2H3/b30-24+,31-25+,33-29-. The van der Waals surface area contributed by atoms with Crippen LogP contribution in [0.1, 0.15) is 109 Å². The summed E-state index contributed by atoms with van der Waals surface area (Å²) < 4.78 is 1.70. The lowest BCUT2D eigenvalue weighted by atomic mass is 10.0. The molecule has 230 valence electrons. The molecule has 0 N–H and O–H groups in total. The Hall–Kier alpha value is -3.51. The number of hydrogen-bond acceptors (Lipinski definition) is 5. The lowest BCUT2D eigenvalue weighted by Gasteiger charge is -2.12. The highest BCUT2D eigenvalue weighted by Gasteiger charge is 2.15. The molecule has 0 saturated heterocycles. The number of benzene rings is 1. The van der Waals surface area contributed by atoms with Crippen LogP contribution in [-0.2, 0) is 6.42 Å². The van der Waals surface area contributed by atoms with Crippen LogP contribution < -0.4 is 5.22 Å². The van der Waals surface area contributed by atoms with Gasteiger partial charge in [-0.25, -0.2) is 4.98 Å². The quantitative estimate of drug-likeness (QED) is 0.112. The van der Waals surface area contributed by atoms with Crippen molar-refractivity contribution in [2.75, 3.05) is 0 Å². The van der Waals surface area contributed by atoms with Crippen LogP contribution >= 0.6 is 11.8 Å². The number of unbranched alkanes of at least 4 members (excludes halogenated alkanes) is 12. The smallest absolute Gasteiger partial charge is 0.202 e. The van der Waals surface area contributed by atoms with E-state index >= 15 is 0 Å². The second-order valence-electron chi connectivity index (χ2n) is 11.9. The number of thioether (sulfide) groups is 1. The topological polar surface area (TPSA) is 56.0 Å². The van der Waals surface area contributed by atoms with Crippen molar-refractivity contribution in [1.29, 1.82) is 0 Å². The van der Waals surface area contributed by atoms with Crippen LogP contribution in [0.15, 0.2) is 82.8 Å². The first-order valence-electron chi connectivity index (χ1n) is 16.7. The molecule has 1 aliphatic rings. The zero-order valence-corrected chi connectivity index (χ0v) is 27.4. The third kappa shape index (κ3) is 9.01. The van der Waals surface area contributed by atoms with Crippen LogP contribution in [-0.4, -0.2) is 24.8 Å². The van der Waals surface area contributed by atoms with Crippen LogP contribution in [0.25, 0.3) is 28.8 Å². The van der Waals surface area contributed by atoms with E-state index < -0.39 is 0 Å². The molecule has 0 fully saturated rings. The van der Waals surface area contributed by atoms with E-state index in [1.54, 1.807) is 22.6 Å². The zero-order chi connectivity index (χ0) is 30.4. The number of aromatic nitrogens is 5. The van der Waals surface area contributed by atoms with Crippen molar-refractivity contribution >= 4 is 29.1 Å². The molecule has 0 spiro atoms. The summed E-state index contributed by atoms with van der Waals surface area (Å²) in [5.74, 6) is 0.612. The van der Waals surface area contributed by atoms with Gasteiger partial charge in [-0.15, -0.1) is 9.73 Å². The molecule has 3 aromatic heterocycles. The molecule has 44 heavy (non-hydrogen) atoms. The maximum Gasteiger partial charge on any atom is 0.202 e. The summed E-state index contributed by atoms with van der Waals surface area (Å²) in [6.45, 7) is 4.44. The Kier molecular flexibility index (Phi) is 12.4. The molecule has 0 bridgehead atoms. The van der Waals surface area contributed by atoms with Crippen LogP contribution in [0.3, 0.4) is 0 Å². The second kappa shape index (κ2) is 17.1. The number of allylic oxidation sites excluding steroid dienone is 5. The van der Waals surface area contributed by atoms with E-state index in [2.05, 4.69) is 72.8 Å². The molecular formula is C38H47N5S. The van der Waals surface area contributed by atoms with E-state index in [1.807, 2.05) is 18.2 Å². The predicted molar refractivity (Wildman–Crippen MR) is 186 cm³/mol. The molecular weight excluding hydrogens is 559 g/mol. The van der Waals surface area contributed by atoms with Crippen molar-refractivity contribution in [1.82, 2.24) is 24.8 Å². The summed E-state index contributed by atoms with van der Waals surface area (Å²) in [5, 5.41) is 12.8. The molecule has 1 aliphatic heterocycles. The van der Waals surface area contributed by atoms with Gasteiger partial charge in [0.2, 0.25) is 5.82 Å². The van der Waals surface area contributed by atoms with Gasteiger partial charge in [0.15, 0.2) is 5.65 Å². The number of fused-ring (bicyclic) bond motifs is 2. The van der Waals surface area contributed by atoms with Gasteiger partial charge < -0.3 is 0 Å². The van der Waals surface area contributed by atoms with Crippen LogP contribution in [0.4, 0.5) is 0 Å². The van der Waals surface area contributed by atoms with Crippen LogP contribution in [0, 0.1) is 0 Å². The van der Waals surface area contributed by atoms with Gasteiger partial charge in [-0.05, 0) is 66.7 Å². The van der Waals surface area contributed by atoms with Crippen molar-refractivity contribution in [2.24, 2.45) is 0 Å².